The number of aliphatic hydroxyl groups is 1. The zero-order valence-electron chi connectivity index (χ0n) is 19.4. The minimum absolute atomic E-state index is 0.0655. The number of hydrogen-bond acceptors (Lipinski definition) is 6. The van der Waals surface area contributed by atoms with Crippen molar-refractivity contribution in [2.75, 3.05) is 26.2 Å². The summed E-state index contributed by atoms with van der Waals surface area (Å²) in [6, 6.07) is 18.5. The smallest absolute Gasteiger partial charge is 0.300 e. The number of benzene rings is 3. The molecule has 7 heteroatoms. The van der Waals surface area contributed by atoms with Gasteiger partial charge in [0.2, 0.25) is 0 Å². The van der Waals surface area contributed by atoms with Crippen LogP contribution in [-0.4, -0.2) is 38.1 Å². The van der Waals surface area contributed by atoms with Crippen molar-refractivity contribution in [3.8, 4) is 17.2 Å². The van der Waals surface area contributed by atoms with Crippen LogP contribution in [0.5, 0.6) is 17.2 Å². The number of amides is 1. The third-order valence-corrected chi connectivity index (χ3v) is 5.89. The fourth-order valence-corrected chi connectivity index (χ4v) is 4.26. The Kier molecular flexibility index (Phi) is 6.27. The summed E-state index contributed by atoms with van der Waals surface area (Å²) in [7, 11) is 4.45. The molecule has 0 aromatic heterocycles. The molecule has 0 spiro atoms. The van der Waals surface area contributed by atoms with Gasteiger partial charge in [-0.1, -0.05) is 36.4 Å². The van der Waals surface area contributed by atoms with Gasteiger partial charge in [0.05, 0.1) is 32.9 Å². The van der Waals surface area contributed by atoms with Gasteiger partial charge in [0.1, 0.15) is 28.6 Å². The lowest BCUT2D eigenvalue weighted by Gasteiger charge is -2.27. The average molecular weight is 459 g/mol. The van der Waals surface area contributed by atoms with E-state index in [4.69, 9.17) is 14.2 Å². The lowest BCUT2D eigenvalue weighted by Crippen LogP contribution is -2.30. The summed E-state index contributed by atoms with van der Waals surface area (Å²) in [6.45, 7) is 1.86. The standard InChI is InChI=1S/C27H25NO6/c1-16-9-5-6-12-19(16)28-24(17-10-7-11-18(15-17)32-2)23(26(30)27(28)31)25(29)22-20(33-3)13-8-14-21(22)34-4/h5-15,24,29H,1-4H3/b25-23+. The Morgan fingerprint density at radius 3 is 2.12 bits per heavy atom. The highest BCUT2D eigenvalue weighted by atomic mass is 16.5. The quantitative estimate of drug-likeness (QED) is 0.328. The largest absolute Gasteiger partial charge is 0.506 e. The number of rotatable bonds is 6. The van der Waals surface area contributed by atoms with Gasteiger partial charge >= 0.3 is 0 Å². The van der Waals surface area contributed by atoms with Crippen molar-refractivity contribution < 1.29 is 28.9 Å². The molecule has 1 fully saturated rings. The highest BCUT2D eigenvalue weighted by molar-refractivity contribution is 6.51. The topological polar surface area (TPSA) is 85.3 Å². The van der Waals surface area contributed by atoms with Crippen LogP contribution < -0.4 is 19.1 Å². The molecular formula is C27H25NO6. The predicted octanol–water partition coefficient (Wildman–Crippen LogP) is 4.65. The van der Waals surface area contributed by atoms with E-state index >= 15 is 0 Å². The monoisotopic (exact) mass is 459 g/mol. The number of hydrogen-bond donors (Lipinski definition) is 1. The molecule has 0 aliphatic carbocycles. The average Bonchev–Trinajstić information content (AvgIpc) is 3.13. The molecule has 1 heterocycles. The first-order valence-electron chi connectivity index (χ1n) is 10.6. The van der Waals surface area contributed by atoms with Gasteiger partial charge < -0.3 is 19.3 Å². The number of ketones is 1. The maximum absolute atomic E-state index is 13.4. The van der Waals surface area contributed by atoms with Crippen molar-refractivity contribution in [3.05, 3.63) is 89.0 Å². The van der Waals surface area contributed by atoms with Gasteiger partial charge in [-0.25, -0.2) is 0 Å². The summed E-state index contributed by atoms with van der Waals surface area (Å²) >= 11 is 0. The Morgan fingerprint density at radius 2 is 1.50 bits per heavy atom. The van der Waals surface area contributed by atoms with Gasteiger partial charge in [-0.05, 0) is 48.4 Å². The summed E-state index contributed by atoms with van der Waals surface area (Å²) in [5.74, 6) is -0.745. The van der Waals surface area contributed by atoms with Crippen molar-refractivity contribution in [2.24, 2.45) is 0 Å². The second-order valence-corrected chi connectivity index (χ2v) is 7.77. The summed E-state index contributed by atoms with van der Waals surface area (Å²) in [6.07, 6.45) is 0. The van der Waals surface area contributed by atoms with Crippen molar-refractivity contribution in [1.29, 1.82) is 0 Å². The number of Topliss-reactive ketones (excluding diaryl/α,β-unsaturated/α-hetero) is 1. The Hall–Kier alpha value is -4.26. The van der Waals surface area contributed by atoms with E-state index in [2.05, 4.69) is 0 Å². The number of para-hydroxylation sites is 1. The highest BCUT2D eigenvalue weighted by Gasteiger charge is 2.48. The number of methoxy groups -OCH3 is 3. The van der Waals surface area contributed by atoms with Crippen LogP contribution in [0.15, 0.2) is 72.3 Å². The van der Waals surface area contributed by atoms with Crippen LogP contribution in [0.25, 0.3) is 5.76 Å². The molecule has 0 bridgehead atoms. The second-order valence-electron chi connectivity index (χ2n) is 7.77. The van der Waals surface area contributed by atoms with Crippen molar-refractivity contribution in [1.82, 2.24) is 0 Å². The highest BCUT2D eigenvalue weighted by Crippen LogP contribution is 2.46. The molecule has 1 aliphatic heterocycles. The molecule has 34 heavy (non-hydrogen) atoms. The minimum Gasteiger partial charge on any atom is -0.506 e. The number of carbonyl (C=O) groups excluding carboxylic acids is 2. The van der Waals surface area contributed by atoms with Crippen LogP contribution in [0.3, 0.4) is 0 Å². The Bertz CT molecular complexity index is 1270. The first-order chi connectivity index (χ1) is 16.4. The molecule has 7 nitrogen and oxygen atoms in total. The van der Waals surface area contributed by atoms with E-state index in [0.717, 1.165) is 5.56 Å². The molecule has 1 atom stereocenters. The van der Waals surface area contributed by atoms with Crippen LogP contribution in [0, 0.1) is 6.92 Å². The third-order valence-electron chi connectivity index (χ3n) is 5.89. The minimum atomic E-state index is -0.897. The Balaban J connectivity index is 2.04. The molecule has 1 aliphatic rings. The van der Waals surface area contributed by atoms with Gasteiger partial charge in [-0.2, -0.15) is 0 Å². The molecule has 1 amide bonds. The van der Waals surface area contributed by atoms with Crippen LogP contribution in [-0.2, 0) is 9.59 Å². The van der Waals surface area contributed by atoms with Gasteiger partial charge in [-0.3, -0.25) is 14.5 Å². The Morgan fingerprint density at radius 1 is 0.853 bits per heavy atom. The summed E-state index contributed by atoms with van der Waals surface area (Å²) in [5.41, 5.74) is 2.13. The molecule has 4 rings (SSSR count). The fraction of sp³-hybridized carbons (Fsp3) is 0.185. The van der Waals surface area contributed by atoms with Crippen LogP contribution in [0.4, 0.5) is 5.69 Å². The van der Waals surface area contributed by atoms with Crippen LogP contribution in [0.1, 0.15) is 22.7 Å². The van der Waals surface area contributed by atoms with Gasteiger partial charge in [0.25, 0.3) is 11.7 Å². The number of carbonyl (C=O) groups is 2. The number of aryl methyl sites for hydroxylation is 1. The Labute approximate surface area is 197 Å². The fourth-order valence-electron chi connectivity index (χ4n) is 4.26. The molecule has 1 unspecified atom stereocenters. The van der Waals surface area contributed by atoms with E-state index in [1.165, 1.54) is 26.2 Å². The lowest BCUT2D eigenvalue weighted by atomic mass is 9.94. The lowest BCUT2D eigenvalue weighted by molar-refractivity contribution is -0.132. The van der Waals surface area contributed by atoms with Crippen molar-refractivity contribution >= 4 is 23.1 Å². The molecule has 0 radical (unpaired) electrons. The zero-order chi connectivity index (χ0) is 24.4. The van der Waals surface area contributed by atoms with Gasteiger partial charge in [-0.15, -0.1) is 0 Å². The molecule has 1 saturated heterocycles. The molecule has 0 saturated carbocycles. The zero-order valence-corrected chi connectivity index (χ0v) is 19.4. The van der Waals surface area contributed by atoms with Crippen LogP contribution in [0.2, 0.25) is 0 Å². The molecule has 3 aromatic carbocycles. The van der Waals surface area contributed by atoms with E-state index < -0.39 is 17.7 Å². The second kappa shape index (κ2) is 9.31. The first-order valence-corrected chi connectivity index (χ1v) is 10.6. The summed E-state index contributed by atoms with van der Waals surface area (Å²) in [4.78, 5) is 28.2. The molecule has 1 N–H and O–H groups in total. The molecule has 3 aromatic rings. The maximum Gasteiger partial charge on any atom is 0.300 e. The third kappa shape index (κ3) is 3.75. The normalized spacial score (nSPS) is 17.1. The number of aliphatic hydroxyl groups excluding tert-OH is 1. The van der Waals surface area contributed by atoms with Gasteiger partial charge in [0, 0.05) is 5.69 Å². The molecular weight excluding hydrogens is 434 g/mol. The SMILES string of the molecule is COc1cccc(C2/C(=C(\O)c3c(OC)cccc3OC)C(=O)C(=O)N2c2ccccc2C)c1. The number of nitrogens with zero attached hydrogens (tertiary/aromatic N) is 1. The summed E-state index contributed by atoms with van der Waals surface area (Å²) in [5, 5.41) is 11.5. The van der Waals surface area contributed by atoms with E-state index in [-0.39, 0.29) is 16.9 Å². The molecule has 174 valence electrons. The van der Waals surface area contributed by atoms with E-state index in [1.54, 1.807) is 54.6 Å². The van der Waals surface area contributed by atoms with E-state index in [9.17, 15) is 14.7 Å². The summed E-state index contributed by atoms with van der Waals surface area (Å²) < 4.78 is 16.2. The van der Waals surface area contributed by atoms with Crippen LogP contribution >= 0.6 is 0 Å². The number of anilines is 1. The van der Waals surface area contributed by atoms with E-state index in [1.807, 2.05) is 19.1 Å². The predicted molar refractivity (Wildman–Crippen MR) is 129 cm³/mol. The maximum atomic E-state index is 13.4. The van der Waals surface area contributed by atoms with Crippen molar-refractivity contribution in [2.45, 2.75) is 13.0 Å². The number of ether oxygens (including phenoxy) is 3. The van der Waals surface area contributed by atoms with E-state index in [0.29, 0.717) is 28.5 Å². The van der Waals surface area contributed by atoms with Gasteiger partial charge in [0.15, 0.2) is 0 Å². The first kappa shape index (κ1) is 22.9. The van der Waals surface area contributed by atoms with Crippen molar-refractivity contribution in [3.63, 3.8) is 0 Å².